The van der Waals surface area contributed by atoms with Crippen molar-refractivity contribution in [3.63, 3.8) is 0 Å². The molecule has 0 N–H and O–H groups in total. The average Bonchev–Trinajstić information content (AvgIpc) is 3.94. The Morgan fingerprint density at radius 2 is 0.895 bits per heavy atom. The maximum Gasteiger partial charge on any atom is 0.164 e. The SMILES string of the molecule is c1ccc(-c2nc(-c3ccccc3)nc(-c3ccc4sc5ccc6c(c7cccc(-n8c9ccccc9c9ccccc98)c7n6-c6ccccc6)c5c4c3)n2)cc1. The van der Waals surface area contributed by atoms with Crippen LogP contribution in [0, 0.1) is 0 Å². The Kier molecular flexibility index (Phi) is 7.03. The molecule has 0 radical (unpaired) electrons. The summed E-state index contributed by atoms with van der Waals surface area (Å²) in [4.78, 5) is 15.1. The zero-order chi connectivity index (χ0) is 37.5. The summed E-state index contributed by atoms with van der Waals surface area (Å²) in [6.07, 6.45) is 0. The number of thiophene rings is 1. The van der Waals surface area contributed by atoms with Gasteiger partial charge in [0.05, 0.1) is 27.8 Å². The fourth-order valence-corrected chi connectivity index (χ4v) is 9.78. The van der Waals surface area contributed by atoms with Crippen molar-refractivity contribution in [2.24, 2.45) is 0 Å². The molecule has 6 heteroatoms. The summed E-state index contributed by atoms with van der Waals surface area (Å²) in [6, 6.07) is 66.7. The van der Waals surface area contributed by atoms with E-state index in [0.29, 0.717) is 17.5 Å². The first-order valence-electron chi connectivity index (χ1n) is 19.1. The van der Waals surface area contributed by atoms with Gasteiger partial charge in [-0.25, -0.2) is 15.0 Å². The average molecular weight is 746 g/mol. The van der Waals surface area contributed by atoms with E-state index in [1.807, 2.05) is 47.7 Å². The third-order valence-electron chi connectivity index (χ3n) is 11.2. The van der Waals surface area contributed by atoms with E-state index in [2.05, 4.69) is 161 Å². The van der Waals surface area contributed by atoms with Crippen LogP contribution in [0.5, 0.6) is 0 Å². The van der Waals surface area contributed by atoms with Crippen LogP contribution < -0.4 is 0 Å². The Labute approximate surface area is 331 Å². The Hall–Kier alpha value is -7.41. The van der Waals surface area contributed by atoms with Crippen molar-refractivity contribution < 1.29 is 0 Å². The molecule has 0 atom stereocenters. The van der Waals surface area contributed by atoms with Crippen molar-refractivity contribution >= 4 is 75.1 Å². The van der Waals surface area contributed by atoms with Crippen LogP contribution in [-0.2, 0) is 0 Å². The van der Waals surface area contributed by atoms with Crippen molar-refractivity contribution in [3.8, 4) is 45.5 Å². The second-order valence-corrected chi connectivity index (χ2v) is 15.5. The van der Waals surface area contributed by atoms with Gasteiger partial charge in [0.15, 0.2) is 17.5 Å². The van der Waals surface area contributed by atoms with Crippen LogP contribution in [0.2, 0.25) is 0 Å². The smallest absolute Gasteiger partial charge is 0.164 e. The number of benzene rings is 8. The van der Waals surface area contributed by atoms with Crippen LogP contribution in [0.1, 0.15) is 0 Å². The van der Waals surface area contributed by atoms with Crippen LogP contribution in [0.4, 0.5) is 0 Å². The fraction of sp³-hybridized carbons (Fsp3) is 0. The van der Waals surface area contributed by atoms with Gasteiger partial charge >= 0.3 is 0 Å². The standard InChI is InChI=1S/C51H31N5S/c1-4-15-32(16-5-1)49-52-50(33-17-6-2-7-18-33)54-51(53-49)34-27-29-44-39(31-34)47-45(57-44)30-28-42-46(47)38-23-14-26-43(48(38)55(42)35-19-8-3-9-20-35)56-40-24-12-10-21-36(40)37-22-11-13-25-41(37)56/h1-31H. The molecule has 0 bridgehead atoms. The number of fused-ring (bicyclic) bond motifs is 10. The third-order valence-corrected chi connectivity index (χ3v) is 12.3. The van der Waals surface area contributed by atoms with Crippen LogP contribution in [0.25, 0.3) is 109 Å². The molecule has 8 aromatic carbocycles. The molecule has 4 heterocycles. The van der Waals surface area contributed by atoms with Gasteiger partial charge in [-0.3, -0.25) is 0 Å². The number of hydrogen-bond donors (Lipinski definition) is 0. The predicted octanol–water partition coefficient (Wildman–Crippen LogP) is 13.4. The molecule has 266 valence electrons. The van der Waals surface area contributed by atoms with Gasteiger partial charge in [-0.15, -0.1) is 11.3 Å². The first-order valence-corrected chi connectivity index (χ1v) is 19.9. The van der Waals surface area contributed by atoms with E-state index in [4.69, 9.17) is 15.0 Å². The van der Waals surface area contributed by atoms with Crippen molar-refractivity contribution in [2.75, 3.05) is 0 Å². The van der Waals surface area contributed by atoms with Gasteiger partial charge in [0.25, 0.3) is 0 Å². The minimum atomic E-state index is 0.650. The predicted molar refractivity (Wildman–Crippen MR) is 238 cm³/mol. The summed E-state index contributed by atoms with van der Waals surface area (Å²) in [5.41, 5.74) is 9.84. The largest absolute Gasteiger partial charge is 0.307 e. The lowest BCUT2D eigenvalue weighted by molar-refractivity contribution is 1.07. The highest BCUT2D eigenvalue weighted by molar-refractivity contribution is 7.26. The zero-order valence-electron chi connectivity index (χ0n) is 30.5. The van der Waals surface area contributed by atoms with E-state index in [1.165, 1.54) is 63.8 Å². The summed E-state index contributed by atoms with van der Waals surface area (Å²) < 4.78 is 7.37. The highest BCUT2D eigenvalue weighted by atomic mass is 32.1. The molecule has 5 nitrogen and oxygen atoms in total. The summed E-state index contributed by atoms with van der Waals surface area (Å²) in [5.74, 6) is 1.96. The molecular weight excluding hydrogens is 715 g/mol. The molecule has 0 saturated carbocycles. The van der Waals surface area contributed by atoms with Crippen molar-refractivity contribution in [3.05, 3.63) is 188 Å². The zero-order valence-corrected chi connectivity index (χ0v) is 31.4. The first kappa shape index (κ1) is 31.9. The molecule has 57 heavy (non-hydrogen) atoms. The maximum absolute atomic E-state index is 5.09. The van der Waals surface area contributed by atoms with Crippen LogP contribution in [0.3, 0.4) is 0 Å². The summed E-state index contributed by atoms with van der Waals surface area (Å²) in [6.45, 7) is 0. The second-order valence-electron chi connectivity index (χ2n) is 14.4. The number of hydrogen-bond acceptors (Lipinski definition) is 4. The lowest BCUT2D eigenvalue weighted by Crippen LogP contribution is -2.00. The highest BCUT2D eigenvalue weighted by Gasteiger charge is 2.23. The van der Waals surface area contributed by atoms with Gasteiger partial charge in [-0.05, 0) is 60.7 Å². The minimum absolute atomic E-state index is 0.650. The Morgan fingerprint density at radius 1 is 0.351 bits per heavy atom. The van der Waals surface area contributed by atoms with Crippen molar-refractivity contribution in [1.82, 2.24) is 24.1 Å². The van der Waals surface area contributed by atoms with E-state index in [9.17, 15) is 0 Å². The van der Waals surface area contributed by atoms with E-state index in [-0.39, 0.29) is 0 Å². The molecular formula is C51H31N5S. The molecule has 0 fully saturated rings. The summed E-state index contributed by atoms with van der Waals surface area (Å²) in [5, 5.41) is 7.38. The lowest BCUT2D eigenvalue weighted by Gasteiger charge is -2.14. The van der Waals surface area contributed by atoms with E-state index in [1.54, 1.807) is 0 Å². The molecule has 12 aromatic rings. The number of aromatic nitrogens is 5. The van der Waals surface area contributed by atoms with E-state index < -0.39 is 0 Å². The summed E-state index contributed by atoms with van der Waals surface area (Å²) in [7, 11) is 0. The third kappa shape index (κ3) is 4.91. The molecule has 0 aliphatic rings. The normalized spacial score (nSPS) is 11.9. The van der Waals surface area contributed by atoms with Gasteiger partial charge < -0.3 is 9.13 Å². The number of rotatable bonds is 5. The van der Waals surface area contributed by atoms with Crippen molar-refractivity contribution in [1.29, 1.82) is 0 Å². The summed E-state index contributed by atoms with van der Waals surface area (Å²) >= 11 is 1.83. The minimum Gasteiger partial charge on any atom is -0.307 e. The fourth-order valence-electron chi connectivity index (χ4n) is 8.69. The quantitative estimate of drug-likeness (QED) is 0.176. The maximum atomic E-state index is 5.09. The van der Waals surface area contributed by atoms with Gasteiger partial charge in [-0.1, -0.05) is 127 Å². The second kappa shape index (κ2) is 12.6. The van der Waals surface area contributed by atoms with Crippen LogP contribution in [-0.4, -0.2) is 24.1 Å². The molecule has 0 amide bonds. The van der Waals surface area contributed by atoms with Crippen molar-refractivity contribution in [2.45, 2.75) is 0 Å². The lowest BCUT2D eigenvalue weighted by atomic mass is 10.0. The van der Waals surface area contributed by atoms with Crippen LogP contribution in [0.15, 0.2) is 188 Å². The van der Waals surface area contributed by atoms with Crippen LogP contribution >= 0.6 is 11.3 Å². The molecule has 0 unspecified atom stereocenters. The molecule has 12 rings (SSSR count). The van der Waals surface area contributed by atoms with Gasteiger partial charge in [0, 0.05) is 64.1 Å². The highest BCUT2D eigenvalue weighted by Crippen LogP contribution is 2.46. The number of nitrogens with zero attached hydrogens (tertiary/aromatic N) is 5. The van der Waals surface area contributed by atoms with E-state index >= 15 is 0 Å². The molecule has 0 spiro atoms. The van der Waals surface area contributed by atoms with Gasteiger partial charge in [-0.2, -0.15) is 0 Å². The van der Waals surface area contributed by atoms with Gasteiger partial charge in [0.2, 0.25) is 0 Å². The first-order chi connectivity index (χ1) is 28.3. The van der Waals surface area contributed by atoms with E-state index in [0.717, 1.165) is 28.1 Å². The molecule has 4 aromatic heterocycles. The Morgan fingerprint density at radius 3 is 1.54 bits per heavy atom. The molecule has 0 aliphatic carbocycles. The monoisotopic (exact) mass is 745 g/mol. The topological polar surface area (TPSA) is 48.5 Å². The Balaban J connectivity index is 1.17. The Bertz CT molecular complexity index is 3400. The molecule has 0 aliphatic heterocycles. The molecule has 0 saturated heterocycles. The van der Waals surface area contributed by atoms with Gasteiger partial charge in [0.1, 0.15) is 0 Å². The number of para-hydroxylation sites is 4.